The molecular formula is C54H52Cl2N2SiZr. The van der Waals surface area contributed by atoms with E-state index in [1.54, 1.807) is 21.5 Å². The van der Waals surface area contributed by atoms with E-state index in [9.17, 15) is 0 Å². The quantitative estimate of drug-likeness (QED) is 0.101. The van der Waals surface area contributed by atoms with Gasteiger partial charge in [-0.05, 0) is 60.4 Å². The van der Waals surface area contributed by atoms with Crippen molar-refractivity contribution in [2.75, 3.05) is 0 Å². The van der Waals surface area contributed by atoms with Gasteiger partial charge < -0.3 is 9.13 Å². The van der Waals surface area contributed by atoms with Crippen LogP contribution >= 0.6 is 17.0 Å². The van der Waals surface area contributed by atoms with E-state index in [1.165, 1.54) is 106 Å². The standard InChI is InChI=1S/C54H52N2Si.2ClH.Zr/c1-8-11-18-42-37(10-3)54(44-24-17-22-39(52(42)44)36-28-30-51-47(33-36)41-20-13-15-26-49(41)56(51)5)57(6,7)53-34(9-2)31-45-38(21-16-23-43(45)53)35-27-29-50-46(32-35)40-19-12-14-25-48(40)55(50)4;;;/h12-17,19-33H,8-11,18H2,1-7H3;2*1H;/q-2;;;+4/p-2. The first-order valence-corrected chi connectivity index (χ1v) is 30.9. The Morgan fingerprint density at radius 2 is 1.08 bits per heavy atom. The van der Waals surface area contributed by atoms with E-state index < -0.39 is 28.9 Å². The number of halogens is 2. The van der Waals surface area contributed by atoms with E-state index in [0.29, 0.717) is 0 Å². The minimum atomic E-state index is -2.29. The van der Waals surface area contributed by atoms with Crippen LogP contribution < -0.4 is 10.4 Å². The molecule has 0 bridgehead atoms. The number of aromatic nitrogens is 2. The van der Waals surface area contributed by atoms with Gasteiger partial charge in [-0.15, -0.1) is 72.9 Å². The number of aryl methyl sites for hydroxylation is 4. The van der Waals surface area contributed by atoms with Gasteiger partial charge in [0.2, 0.25) is 0 Å². The molecule has 0 saturated heterocycles. The second-order valence-corrected chi connectivity index (χ2v) is 25.0. The van der Waals surface area contributed by atoms with E-state index in [4.69, 9.17) is 17.0 Å². The van der Waals surface area contributed by atoms with Crippen molar-refractivity contribution in [2.24, 2.45) is 14.1 Å². The number of hydrogen-bond acceptors (Lipinski definition) is 0. The summed E-state index contributed by atoms with van der Waals surface area (Å²) < 4.78 is 4.67. The molecule has 6 heteroatoms. The Bertz CT molecular complexity index is 3230. The zero-order valence-corrected chi connectivity index (χ0v) is 40.8. The minimum absolute atomic E-state index is 0.826. The second-order valence-electron chi connectivity index (χ2n) is 17.0. The summed E-state index contributed by atoms with van der Waals surface area (Å²) in [5.74, 6) is 0. The van der Waals surface area contributed by atoms with E-state index in [-0.39, 0.29) is 0 Å². The van der Waals surface area contributed by atoms with Crippen LogP contribution in [0.3, 0.4) is 0 Å². The Balaban J connectivity index is 0.00000150. The van der Waals surface area contributed by atoms with Gasteiger partial charge in [0, 0.05) is 65.8 Å². The average Bonchev–Trinajstić information content (AvgIpc) is 4.00. The normalized spacial score (nSPS) is 12.0. The number of benzene rings is 6. The first kappa shape index (κ1) is 41.2. The Labute approximate surface area is 374 Å². The number of fused-ring (bicyclic) bond motifs is 8. The van der Waals surface area contributed by atoms with Gasteiger partial charge in [-0.25, -0.2) is 0 Å². The maximum atomic E-state index is 4.93. The van der Waals surface area contributed by atoms with Crippen LogP contribution in [0.1, 0.15) is 50.3 Å². The first-order valence-electron chi connectivity index (χ1n) is 21.5. The molecule has 2 nitrogen and oxygen atoms in total. The van der Waals surface area contributed by atoms with Crippen LogP contribution in [0.4, 0.5) is 0 Å². The van der Waals surface area contributed by atoms with Crippen molar-refractivity contribution in [3.63, 3.8) is 0 Å². The molecule has 8 aromatic carbocycles. The third-order valence-corrected chi connectivity index (χ3v) is 17.2. The molecular weight excluding hydrogens is 867 g/mol. The van der Waals surface area contributed by atoms with Crippen LogP contribution in [0.25, 0.3) is 87.4 Å². The van der Waals surface area contributed by atoms with Crippen molar-refractivity contribution in [1.29, 1.82) is 0 Å². The van der Waals surface area contributed by atoms with Crippen molar-refractivity contribution in [3.8, 4) is 22.3 Å². The Hall–Kier alpha value is -4.18. The number of nitrogens with zero attached hydrogens (tertiary/aromatic N) is 2. The van der Waals surface area contributed by atoms with E-state index in [0.717, 1.165) is 19.3 Å². The fourth-order valence-electron chi connectivity index (χ4n) is 10.9. The summed E-state index contributed by atoms with van der Waals surface area (Å²) in [6.45, 7) is 12.4. The van der Waals surface area contributed by atoms with Crippen molar-refractivity contribution in [2.45, 2.75) is 66.0 Å². The third kappa shape index (κ3) is 6.51. The molecule has 0 unspecified atom stereocenters. The summed E-state index contributed by atoms with van der Waals surface area (Å²) in [5.41, 5.74) is 15.2. The van der Waals surface area contributed by atoms with Gasteiger partial charge in [0.25, 0.3) is 0 Å². The van der Waals surface area contributed by atoms with Crippen LogP contribution in [-0.4, -0.2) is 17.2 Å². The van der Waals surface area contributed by atoms with Crippen LogP contribution in [0.2, 0.25) is 13.1 Å². The third-order valence-electron chi connectivity index (χ3n) is 13.5. The first-order chi connectivity index (χ1) is 29.2. The molecule has 0 fully saturated rings. The summed E-state index contributed by atoms with van der Waals surface area (Å²) >= 11 is -0.826. The SMILES string of the molecule is CCCCc1c(CC)[c-]([Si](C)(C)[c-]2c(CC)cc3c(-c4ccc5c(c4)c4ccccc4n5C)cccc32)c2cccc(-c3ccc4c(c3)c3ccccc3n4C)c12.[Cl][Zr+2][Cl]. The molecule has 0 amide bonds. The molecule has 2 aromatic heterocycles. The monoisotopic (exact) mass is 916 g/mol. The number of para-hydroxylation sites is 2. The molecule has 0 saturated carbocycles. The van der Waals surface area contributed by atoms with Gasteiger partial charge in [0.15, 0.2) is 0 Å². The molecule has 0 aliphatic heterocycles. The zero-order chi connectivity index (χ0) is 41.9. The molecule has 0 aliphatic carbocycles. The zero-order valence-electron chi connectivity index (χ0n) is 35.8. The Kier molecular flexibility index (Phi) is 11.4. The van der Waals surface area contributed by atoms with Gasteiger partial charge >= 0.3 is 37.9 Å². The van der Waals surface area contributed by atoms with Crippen LogP contribution in [0.5, 0.6) is 0 Å². The molecule has 2 heterocycles. The molecule has 0 N–H and O–H groups in total. The molecule has 10 aromatic rings. The maximum absolute atomic E-state index is 4.93. The Morgan fingerprint density at radius 3 is 1.65 bits per heavy atom. The van der Waals surface area contributed by atoms with Gasteiger partial charge in [-0.2, -0.15) is 6.07 Å². The fourth-order valence-corrected chi connectivity index (χ4v) is 15.1. The predicted molar refractivity (Wildman–Crippen MR) is 264 cm³/mol. The summed E-state index contributed by atoms with van der Waals surface area (Å²) in [5, 5.41) is 14.4. The van der Waals surface area contributed by atoms with E-state index in [1.807, 2.05) is 0 Å². The molecule has 0 radical (unpaired) electrons. The van der Waals surface area contributed by atoms with Gasteiger partial charge in [0.05, 0.1) is 0 Å². The molecule has 0 aliphatic rings. The van der Waals surface area contributed by atoms with Crippen LogP contribution in [0.15, 0.2) is 127 Å². The fraction of sp³-hybridized carbons (Fsp3) is 0.222. The van der Waals surface area contributed by atoms with E-state index >= 15 is 0 Å². The van der Waals surface area contributed by atoms with Crippen LogP contribution in [-0.2, 0) is 54.2 Å². The number of rotatable bonds is 9. The van der Waals surface area contributed by atoms with Crippen molar-refractivity contribution < 1.29 is 20.8 Å². The second kappa shape index (κ2) is 16.6. The molecule has 300 valence electrons. The van der Waals surface area contributed by atoms with Crippen molar-refractivity contribution in [3.05, 3.63) is 144 Å². The molecule has 10 rings (SSSR count). The van der Waals surface area contributed by atoms with Gasteiger partial charge in [0.1, 0.15) is 0 Å². The summed E-state index contributed by atoms with van der Waals surface area (Å²) in [7, 11) is 12.0. The van der Waals surface area contributed by atoms with Crippen LogP contribution in [0, 0.1) is 0 Å². The molecule has 0 spiro atoms. The summed E-state index contributed by atoms with van der Waals surface area (Å²) in [6.07, 6.45) is 5.60. The topological polar surface area (TPSA) is 9.86 Å². The number of hydrogen-bond donors (Lipinski definition) is 0. The average molecular weight is 919 g/mol. The van der Waals surface area contributed by atoms with E-state index in [2.05, 4.69) is 184 Å². The van der Waals surface area contributed by atoms with Crippen molar-refractivity contribution >= 4 is 101 Å². The predicted octanol–water partition coefficient (Wildman–Crippen LogP) is 14.7. The molecule has 0 atom stereocenters. The Morgan fingerprint density at radius 1 is 0.550 bits per heavy atom. The summed E-state index contributed by atoms with van der Waals surface area (Å²) in [6, 6.07) is 48.8. The van der Waals surface area contributed by atoms with Gasteiger partial charge in [-0.1, -0.05) is 125 Å². The summed E-state index contributed by atoms with van der Waals surface area (Å²) in [4.78, 5) is 0. The van der Waals surface area contributed by atoms with Gasteiger partial charge in [-0.3, -0.25) is 0 Å². The number of unbranched alkanes of at least 4 members (excludes halogenated alkanes) is 1. The molecule has 60 heavy (non-hydrogen) atoms. The van der Waals surface area contributed by atoms with Crippen molar-refractivity contribution in [1.82, 2.24) is 9.13 Å².